The van der Waals surface area contributed by atoms with Gasteiger partial charge in [-0.25, -0.2) is 0 Å². The fourth-order valence-electron chi connectivity index (χ4n) is 2.37. The summed E-state index contributed by atoms with van der Waals surface area (Å²) in [6.07, 6.45) is 3.72. The van der Waals surface area contributed by atoms with Crippen molar-refractivity contribution in [3.63, 3.8) is 0 Å². The highest BCUT2D eigenvalue weighted by atomic mass is 35.5. The maximum absolute atomic E-state index is 12.0. The SMILES string of the molecule is N#CC1(NC(=O)Cc2ccccc2Cl)CCCC1. The van der Waals surface area contributed by atoms with Gasteiger partial charge in [0.2, 0.25) is 5.91 Å². The molecule has 1 amide bonds. The molecule has 94 valence electrons. The monoisotopic (exact) mass is 262 g/mol. The summed E-state index contributed by atoms with van der Waals surface area (Å²) in [6.45, 7) is 0. The van der Waals surface area contributed by atoms with Crippen LogP contribution >= 0.6 is 11.6 Å². The molecule has 0 atom stereocenters. The van der Waals surface area contributed by atoms with Crippen LogP contribution < -0.4 is 5.32 Å². The number of nitriles is 1. The van der Waals surface area contributed by atoms with E-state index in [1.165, 1.54) is 0 Å². The van der Waals surface area contributed by atoms with Crippen LogP contribution in [-0.2, 0) is 11.2 Å². The summed E-state index contributed by atoms with van der Waals surface area (Å²) in [6, 6.07) is 9.52. The van der Waals surface area contributed by atoms with Crippen LogP contribution in [0.1, 0.15) is 31.2 Å². The van der Waals surface area contributed by atoms with Crippen molar-refractivity contribution < 1.29 is 4.79 Å². The van der Waals surface area contributed by atoms with E-state index in [1.54, 1.807) is 6.07 Å². The molecule has 3 nitrogen and oxygen atoms in total. The molecule has 1 aromatic carbocycles. The lowest BCUT2D eigenvalue weighted by Crippen LogP contribution is -2.45. The number of rotatable bonds is 3. The van der Waals surface area contributed by atoms with Gasteiger partial charge in [0, 0.05) is 5.02 Å². The number of amides is 1. The van der Waals surface area contributed by atoms with Gasteiger partial charge >= 0.3 is 0 Å². The fourth-order valence-corrected chi connectivity index (χ4v) is 2.57. The first kappa shape index (κ1) is 12.9. The number of benzene rings is 1. The van der Waals surface area contributed by atoms with Crippen LogP contribution in [-0.4, -0.2) is 11.4 Å². The standard InChI is InChI=1S/C14H15ClN2O/c15-12-6-2-1-5-11(12)9-13(18)17-14(10-16)7-3-4-8-14/h1-2,5-6H,3-4,7-9H2,(H,17,18). The average molecular weight is 263 g/mol. The zero-order valence-corrected chi connectivity index (χ0v) is 10.8. The van der Waals surface area contributed by atoms with Crippen LogP contribution in [0.4, 0.5) is 0 Å². The van der Waals surface area contributed by atoms with E-state index in [-0.39, 0.29) is 12.3 Å². The molecule has 0 saturated heterocycles. The maximum atomic E-state index is 12.0. The van der Waals surface area contributed by atoms with Gasteiger partial charge in [-0.15, -0.1) is 0 Å². The number of hydrogen-bond donors (Lipinski definition) is 1. The van der Waals surface area contributed by atoms with Gasteiger partial charge in [-0.05, 0) is 37.3 Å². The van der Waals surface area contributed by atoms with E-state index in [9.17, 15) is 10.1 Å². The van der Waals surface area contributed by atoms with E-state index in [4.69, 9.17) is 11.6 Å². The summed E-state index contributed by atoms with van der Waals surface area (Å²) < 4.78 is 0. The third-order valence-electron chi connectivity index (χ3n) is 3.36. The molecule has 18 heavy (non-hydrogen) atoms. The van der Waals surface area contributed by atoms with Crippen LogP contribution in [0, 0.1) is 11.3 Å². The van der Waals surface area contributed by atoms with Gasteiger partial charge in [0.1, 0.15) is 5.54 Å². The second-order valence-electron chi connectivity index (χ2n) is 4.72. The van der Waals surface area contributed by atoms with E-state index in [0.717, 1.165) is 31.2 Å². The topological polar surface area (TPSA) is 52.9 Å². The van der Waals surface area contributed by atoms with E-state index >= 15 is 0 Å². The molecule has 1 fully saturated rings. The van der Waals surface area contributed by atoms with Crippen molar-refractivity contribution in [1.29, 1.82) is 5.26 Å². The molecule has 4 heteroatoms. The summed E-state index contributed by atoms with van der Waals surface area (Å²) in [7, 11) is 0. The molecule has 1 aromatic rings. The number of halogens is 1. The Bertz CT molecular complexity index is 487. The van der Waals surface area contributed by atoms with Crippen molar-refractivity contribution in [3.8, 4) is 6.07 Å². The second kappa shape index (κ2) is 5.41. The Morgan fingerprint density at radius 1 is 1.39 bits per heavy atom. The molecule has 2 rings (SSSR count). The number of nitrogens with one attached hydrogen (secondary N) is 1. The minimum atomic E-state index is -0.654. The molecule has 1 aliphatic carbocycles. The third-order valence-corrected chi connectivity index (χ3v) is 3.73. The fraction of sp³-hybridized carbons (Fsp3) is 0.429. The zero-order chi connectivity index (χ0) is 13.0. The molecule has 0 unspecified atom stereocenters. The predicted octanol–water partition coefficient (Wildman–Crippen LogP) is 2.84. The molecular weight excluding hydrogens is 248 g/mol. The lowest BCUT2D eigenvalue weighted by molar-refractivity contribution is -0.121. The Hall–Kier alpha value is -1.53. The highest BCUT2D eigenvalue weighted by Crippen LogP contribution is 2.29. The summed E-state index contributed by atoms with van der Waals surface area (Å²) >= 11 is 6.01. The summed E-state index contributed by atoms with van der Waals surface area (Å²) in [5.41, 5.74) is 0.140. The zero-order valence-electron chi connectivity index (χ0n) is 10.1. The van der Waals surface area contributed by atoms with Gasteiger partial charge in [-0.3, -0.25) is 4.79 Å². The number of nitrogens with zero attached hydrogens (tertiary/aromatic N) is 1. The molecule has 0 radical (unpaired) electrons. The highest BCUT2D eigenvalue weighted by Gasteiger charge is 2.35. The van der Waals surface area contributed by atoms with Crippen LogP contribution in [0.3, 0.4) is 0 Å². The van der Waals surface area contributed by atoms with Crippen molar-refractivity contribution >= 4 is 17.5 Å². The lowest BCUT2D eigenvalue weighted by Gasteiger charge is -2.22. The molecular formula is C14H15ClN2O. The Balaban J connectivity index is 2.01. The van der Waals surface area contributed by atoms with Crippen molar-refractivity contribution in [2.24, 2.45) is 0 Å². The van der Waals surface area contributed by atoms with Gasteiger partial charge in [0.25, 0.3) is 0 Å². The quantitative estimate of drug-likeness (QED) is 0.911. The first-order valence-corrected chi connectivity index (χ1v) is 6.49. The van der Waals surface area contributed by atoms with E-state index in [1.807, 2.05) is 18.2 Å². The minimum Gasteiger partial charge on any atom is -0.338 e. The van der Waals surface area contributed by atoms with Crippen molar-refractivity contribution in [2.75, 3.05) is 0 Å². The number of carbonyl (C=O) groups excluding carboxylic acids is 1. The first-order chi connectivity index (χ1) is 8.65. The lowest BCUT2D eigenvalue weighted by atomic mass is 9.99. The molecule has 1 aliphatic rings. The third kappa shape index (κ3) is 2.83. The summed E-state index contributed by atoms with van der Waals surface area (Å²) in [5.74, 6) is -0.133. The van der Waals surface area contributed by atoms with Gasteiger partial charge in [0.15, 0.2) is 0 Å². The summed E-state index contributed by atoms with van der Waals surface area (Å²) in [4.78, 5) is 12.0. The van der Waals surface area contributed by atoms with E-state index in [0.29, 0.717) is 5.02 Å². The molecule has 0 heterocycles. The van der Waals surface area contributed by atoms with Crippen LogP contribution in [0.5, 0.6) is 0 Å². The molecule has 0 aliphatic heterocycles. The first-order valence-electron chi connectivity index (χ1n) is 6.11. The van der Waals surface area contributed by atoms with Gasteiger partial charge < -0.3 is 5.32 Å². The van der Waals surface area contributed by atoms with E-state index < -0.39 is 5.54 Å². The van der Waals surface area contributed by atoms with Crippen molar-refractivity contribution in [1.82, 2.24) is 5.32 Å². The number of carbonyl (C=O) groups is 1. The highest BCUT2D eigenvalue weighted by molar-refractivity contribution is 6.31. The normalized spacial score (nSPS) is 17.1. The Morgan fingerprint density at radius 3 is 2.67 bits per heavy atom. The van der Waals surface area contributed by atoms with Gasteiger partial charge in [-0.1, -0.05) is 29.8 Å². The second-order valence-corrected chi connectivity index (χ2v) is 5.12. The predicted molar refractivity (Wildman–Crippen MR) is 70.1 cm³/mol. The molecule has 1 N–H and O–H groups in total. The van der Waals surface area contributed by atoms with Crippen molar-refractivity contribution in [3.05, 3.63) is 34.9 Å². The molecule has 0 aromatic heterocycles. The maximum Gasteiger partial charge on any atom is 0.225 e. The van der Waals surface area contributed by atoms with Crippen molar-refractivity contribution in [2.45, 2.75) is 37.6 Å². The minimum absolute atomic E-state index is 0.133. The Morgan fingerprint density at radius 2 is 2.06 bits per heavy atom. The molecule has 0 spiro atoms. The van der Waals surface area contributed by atoms with Crippen LogP contribution in [0.25, 0.3) is 0 Å². The molecule has 1 saturated carbocycles. The largest absolute Gasteiger partial charge is 0.338 e. The van der Waals surface area contributed by atoms with Crippen LogP contribution in [0.15, 0.2) is 24.3 Å². The van der Waals surface area contributed by atoms with E-state index in [2.05, 4.69) is 11.4 Å². The summed E-state index contributed by atoms with van der Waals surface area (Å²) in [5, 5.41) is 12.6. The van der Waals surface area contributed by atoms with Gasteiger partial charge in [-0.2, -0.15) is 5.26 Å². The Labute approximate surface area is 112 Å². The van der Waals surface area contributed by atoms with Crippen LogP contribution in [0.2, 0.25) is 5.02 Å². The number of hydrogen-bond acceptors (Lipinski definition) is 2. The molecule has 0 bridgehead atoms. The Kier molecular flexibility index (Phi) is 3.88. The smallest absolute Gasteiger partial charge is 0.225 e. The van der Waals surface area contributed by atoms with Gasteiger partial charge in [0.05, 0.1) is 12.5 Å². The average Bonchev–Trinajstić information content (AvgIpc) is 2.81.